The highest BCUT2D eigenvalue weighted by Crippen LogP contribution is 2.25. The van der Waals surface area contributed by atoms with Gasteiger partial charge in [0, 0.05) is 23.7 Å². The molecule has 0 saturated carbocycles. The van der Waals surface area contributed by atoms with Crippen LogP contribution in [0.15, 0.2) is 60.1 Å². The van der Waals surface area contributed by atoms with Gasteiger partial charge >= 0.3 is 0 Å². The van der Waals surface area contributed by atoms with E-state index < -0.39 is 0 Å². The van der Waals surface area contributed by atoms with Crippen molar-refractivity contribution < 1.29 is 0 Å². The van der Waals surface area contributed by atoms with E-state index in [1.807, 2.05) is 35.8 Å². The van der Waals surface area contributed by atoms with E-state index in [2.05, 4.69) is 29.2 Å². The fourth-order valence-electron chi connectivity index (χ4n) is 2.07. The van der Waals surface area contributed by atoms with Gasteiger partial charge < -0.3 is 5.73 Å². The molecule has 1 aromatic heterocycles. The molecule has 3 heteroatoms. The third kappa shape index (κ3) is 2.66. The van der Waals surface area contributed by atoms with Gasteiger partial charge in [-0.2, -0.15) is 0 Å². The van der Waals surface area contributed by atoms with Crippen LogP contribution in [0.5, 0.6) is 0 Å². The molecule has 0 radical (unpaired) electrons. The van der Waals surface area contributed by atoms with E-state index in [0.29, 0.717) is 0 Å². The first-order valence-corrected chi connectivity index (χ1v) is 7.03. The molecule has 0 unspecified atom stereocenters. The quantitative estimate of drug-likeness (QED) is 0.728. The number of nitrogens with two attached hydrogens (primary N) is 1. The number of hydrogen-bond donors (Lipinski definition) is 1. The van der Waals surface area contributed by atoms with Crippen molar-refractivity contribution in [1.29, 1.82) is 0 Å². The Kier molecular flexibility index (Phi) is 3.29. The topological polar surface area (TPSA) is 38.9 Å². The molecule has 3 rings (SSSR count). The summed E-state index contributed by atoms with van der Waals surface area (Å²) in [5.41, 5.74) is 10.4. The number of rotatable bonds is 3. The fourth-order valence-corrected chi connectivity index (χ4v) is 2.71. The van der Waals surface area contributed by atoms with Crippen molar-refractivity contribution in [2.45, 2.75) is 6.42 Å². The number of aromatic nitrogens is 1. The van der Waals surface area contributed by atoms with Gasteiger partial charge in [-0.1, -0.05) is 36.4 Å². The molecular weight excluding hydrogens is 252 g/mol. The van der Waals surface area contributed by atoms with E-state index in [4.69, 9.17) is 5.73 Å². The molecule has 0 amide bonds. The number of anilines is 1. The maximum Gasteiger partial charge on any atom is 0.0969 e. The predicted octanol–water partition coefficient (Wildman–Crippen LogP) is 3.98. The Morgan fingerprint density at radius 1 is 1.00 bits per heavy atom. The number of nitrogen functional groups attached to an aromatic ring is 1. The van der Waals surface area contributed by atoms with Gasteiger partial charge in [0.1, 0.15) is 0 Å². The van der Waals surface area contributed by atoms with E-state index in [1.54, 1.807) is 11.3 Å². The molecule has 0 spiro atoms. The standard InChI is InChI=1S/C16H14N2S/c17-15-7-6-13(12-4-2-1-3-5-12)10-14(15)11-16-18-8-9-19-16/h1-10H,11,17H2. The summed E-state index contributed by atoms with van der Waals surface area (Å²) in [6.45, 7) is 0. The van der Waals surface area contributed by atoms with E-state index in [1.165, 1.54) is 11.1 Å². The summed E-state index contributed by atoms with van der Waals surface area (Å²) in [7, 11) is 0. The third-order valence-electron chi connectivity index (χ3n) is 3.08. The first kappa shape index (κ1) is 11.9. The van der Waals surface area contributed by atoms with Crippen molar-refractivity contribution in [2.75, 3.05) is 5.73 Å². The van der Waals surface area contributed by atoms with Crippen molar-refractivity contribution in [3.63, 3.8) is 0 Å². The molecule has 0 atom stereocenters. The minimum atomic E-state index is 0.796. The number of benzene rings is 2. The van der Waals surface area contributed by atoms with Crippen LogP contribution in [-0.2, 0) is 6.42 Å². The zero-order valence-corrected chi connectivity index (χ0v) is 11.2. The van der Waals surface area contributed by atoms with Gasteiger partial charge in [-0.25, -0.2) is 4.98 Å². The molecule has 3 aromatic rings. The Hall–Kier alpha value is -2.13. The molecule has 0 aliphatic heterocycles. The highest BCUT2D eigenvalue weighted by molar-refractivity contribution is 7.09. The lowest BCUT2D eigenvalue weighted by molar-refractivity contribution is 1.14. The summed E-state index contributed by atoms with van der Waals surface area (Å²) >= 11 is 1.66. The van der Waals surface area contributed by atoms with E-state index >= 15 is 0 Å². The second-order valence-electron chi connectivity index (χ2n) is 4.38. The highest BCUT2D eigenvalue weighted by Gasteiger charge is 2.05. The minimum Gasteiger partial charge on any atom is -0.398 e. The van der Waals surface area contributed by atoms with Crippen LogP contribution in [0.1, 0.15) is 10.6 Å². The van der Waals surface area contributed by atoms with Gasteiger partial charge in [0.15, 0.2) is 0 Å². The smallest absolute Gasteiger partial charge is 0.0969 e. The second-order valence-corrected chi connectivity index (χ2v) is 5.36. The lowest BCUT2D eigenvalue weighted by Gasteiger charge is -2.08. The molecule has 19 heavy (non-hydrogen) atoms. The van der Waals surface area contributed by atoms with E-state index in [0.717, 1.165) is 22.7 Å². The molecule has 94 valence electrons. The Labute approximate surface area is 116 Å². The SMILES string of the molecule is Nc1ccc(-c2ccccc2)cc1Cc1nccs1. The summed E-state index contributed by atoms with van der Waals surface area (Å²) in [6, 6.07) is 16.5. The van der Waals surface area contributed by atoms with Crippen molar-refractivity contribution >= 4 is 17.0 Å². The van der Waals surface area contributed by atoms with Gasteiger partial charge in [-0.3, -0.25) is 0 Å². The number of nitrogens with zero attached hydrogens (tertiary/aromatic N) is 1. The van der Waals surface area contributed by atoms with Gasteiger partial charge in [0.2, 0.25) is 0 Å². The lowest BCUT2D eigenvalue weighted by Crippen LogP contribution is -1.96. The van der Waals surface area contributed by atoms with Crippen LogP contribution in [0.2, 0.25) is 0 Å². The first-order chi connectivity index (χ1) is 9.33. The van der Waals surface area contributed by atoms with E-state index in [9.17, 15) is 0 Å². The molecule has 0 saturated heterocycles. The number of hydrogen-bond acceptors (Lipinski definition) is 3. The minimum absolute atomic E-state index is 0.796. The van der Waals surface area contributed by atoms with E-state index in [-0.39, 0.29) is 0 Å². The van der Waals surface area contributed by atoms with Crippen LogP contribution in [0.4, 0.5) is 5.69 Å². The van der Waals surface area contributed by atoms with Crippen molar-refractivity contribution in [3.05, 3.63) is 70.7 Å². The van der Waals surface area contributed by atoms with Crippen LogP contribution in [0, 0.1) is 0 Å². The molecule has 0 bridgehead atoms. The zero-order valence-electron chi connectivity index (χ0n) is 10.4. The predicted molar refractivity (Wildman–Crippen MR) is 81.2 cm³/mol. The van der Waals surface area contributed by atoms with Crippen molar-refractivity contribution in [1.82, 2.24) is 4.98 Å². The van der Waals surface area contributed by atoms with Crippen LogP contribution in [0.3, 0.4) is 0 Å². The molecule has 0 fully saturated rings. The highest BCUT2D eigenvalue weighted by atomic mass is 32.1. The monoisotopic (exact) mass is 266 g/mol. The van der Waals surface area contributed by atoms with Crippen molar-refractivity contribution in [3.8, 4) is 11.1 Å². The molecular formula is C16H14N2S. The maximum absolute atomic E-state index is 6.06. The first-order valence-electron chi connectivity index (χ1n) is 6.15. The van der Waals surface area contributed by atoms with Crippen LogP contribution < -0.4 is 5.73 Å². The second kappa shape index (κ2) is 5.24. The normalized spacial score (nSPS) is 10.5. The average Bonchev–Trinajstić information content (AvgIpc) is 2.95. The molecule has 2 N–H and O–H groups in total. The Balaban J connectivity index is 1.97. The molecule has 0 aliphatic rings. The van der Waals surface area contributed by atoms with Crippen LogP contribution in [-0.4, -0.2) is 4.98 Å². The summed E-state index contributed by atoms with van der Waals surface area (Å²) in [4.78, 5) is 4.32. The summed E-state index contributed by atoms with van der Waals surface area (Å²) in [6.07, 6.45) is 2.63. The number of thiazole rings is 1. The lowest BCUT2D eigenvalue weighted by atomic mass is 10.0. The zero-order chi connectivity index (χ0) is 13.1. The summed E-state index contributed by atoms with van der Waals surface area (Å²) < 4.78 is 0. The summed E-state index contributed by atoms with van der Waals surface area (Å²) in [5, 5.41) is 3.09. The Morgan fingerprint density at radius 2 is 1.84 bits per heavy atom. The molecule has 0 aliphatic carbocycles. The Bertz CT molecular complexity index is 660. The molecule has 2 aromatic carbocycles. The fraction of sp³-hybridized carbons (Fsp3) is 0.0625. The van der Waals surface area contributed by atoms with Gasteiger partial charge in [-0.05, 0) is 28.8 Å². The van der Waals surface area contributed by atoms with Gasteiger partial charge in [-0.15, -0.1) is 11.3 Å². The maximum atomic E-state index is 6.06. The third-order valence-corrected chi connectivity index (χ3v) is 3.85. The van der Waals surface area contributed by atoms with Crippen molar-refractivity contribution in [2.24, 2.45) is 0 Å². The summed E-state index contributed by atoms with van der Waals surface area (Å²) in [5.74, 6) is 0. The van der Waals surface area contributed by atoms with Gasteiger partial charge in [0.05, 0.1) is 5.01 Å². The van der Waals surface area contributed by atoms with Crippen LogP contribution >= 0.6 is 11.3 Å². The Morgan fingerprint density at radius 3 is 2.58 bits per heavy atom. The van der Waals surface area contributed by atoms with Gasteiger partial charge in [0.25, 0.3) is 0 Å². The molecule has 2 nitrogen and oxygen atoms in total. The molecule has 1 heterocycles. The average molecular weight is 266 g/mol. The largest absolute Gasteiger partial charge is 0.398 e. The van der Waals surface area contributed by atoms with Crippen LogP contribution in [0.25, 0.3) is 11.1 Å².